The minimum atomic E-state index is -1.12. The summed E-state index contributed by atoms with van der Waals surface area (Å²) in [6, 6.07) is 0. The van der Waals surface area contributed by atoms with Crippen LogP contribution >= 0.6 is 11.6 Å². The second kappa shape index (κ2) is 5.95. The quantitative estimate of drug-likeness (QED) is 0.562. The monoisotopic (exact) mass is 382 g/mol. The molecule has 4 aliphatic rings. The maximum atomic E-state index is 14.7. The summed E-state index contributed by atoms with van der Waals surface area (Å²) >= 11 is 5.63. The minimum Gasteiger partial charge on any atom is -0.392 e. The fourth-order valence-corrected chi connectivity index (χ4v) is 7.21. The first-order chi connectivity index (χ1) is 12.2. The molecule has 0 saturated heterocycles. The number of rotatable bonds is 0. The van der Waals surface area contributed by atoms with Crippen molar-refractivity contribution in [3.05, 3.63) is 11.4 Å². The van der Waals surface area contributed by atoms with Gasteiger partial charge in [0.25, 0.3) is 0 Å². The molecule has 0 aromatic carbocycles. The molecule has 0 radical (unpaired) electrons. The number of aliphatic hydroxyl groups is 3. The highest BCUT2D eigenvalue weighted by atomic mass is 35.5. The standard InChI is InChI=1S/C21H28ClFO3/c1-19-6-5-15(24)18(23)14(19)11-16(25)17-12(19)3-7-20(2)13(17)4-8-21(20,26)9-10-22/h12-13,15-17,24-26H,3-8,11H2,1-2H3/t12-,13-,15-,16-,17+,19+,20-,21+/m0/s1. The SMILES string of the molecule is C[C@]12CC[C@H](O)C(F)=C1C[C@H](O)[C@@H]1[C@@H]2CC[C@@]2(C)[C@H]1CC[C@@]2(O)C#CCl. The summed E-state index contributed by atoms with van der Waals surface area (Å²) in [5, 5.41) is 34.5. The van der Waals surface area contributed by atoms with E-state index < -0.39 is 29.1 Å². The van der Waals surface area contributed by atoms with Crippen LogP contribution in [0.4, 0.5) is 4.39 Å². The topological polar surface area (TPSA) is 60.7 Å². The van der Waals surface area contributed by atoms with Gasteiger partial charge in [-0.15, -0.1) is 0 Å². The Labute approximate surface area is 159 Å². The molecule has 0 unspecified atom stereocenters. The highest BCUT2D eigenvalue weighted by Gasteiger charge is 2.65. The molecule has 0 spiro atoms. The van der Waals surface area contributed by atoms with Gasteiger partial charge >= 0.3 is 0 Å². The fraction of sp³-hybridized carbons (Fsp3) is 0.810. The summed E-state index contributed by atoms with van der Waals surface area (Å²) in [6.07, 6.45) is 2.79. The second-order valence-electron chi connectivity index (χ2n) is 9.43. The third-order valence-electron chi connectivity index (χ3n) is 8.62. The van der Waals surface area contributed by atoms with Gasteiger partial charge in [0.2, 0.25) is 0 Å². The van der Waals surface area contributed by atoms with E-state index in [4.69, 9.17) is 11.6 Å². The fourth-order valence-electron chi connectivity index (χ4n) is 7.05. The number of hydrogen-bond acceptors (Lipinski definition) is 3. The number of hydrogen-bond donors (Lipinski definition) is 3. The highest BCUT2D eigenvalue weighted by Crippen LogP contribution is 2.68. The third kappa shape index (κ3) is 2.24. The van der Waals surface area contributed by atoms with Crippen LogP contribution < -0.4 is 0 Å². The molecular formula is C21H28ClFO3. The maximum absolute atomic E-state index is 14.7. The van der Waals surface area contributed by atoms with Crippen molar-refractivity contribution < 1.29 is 19.7 Å². The van der Waals surface area contributed by atoms with E-state index >= 15 is 0 Å². The Morgan fingerprint density at radius 1 is 1.08 bits per heavy atom. The first-order valence-electron chi connectivity index (χ1n) is 9.78. The number of aliphatic hydroxyl groups excluding tert-OH is 2. The summed E-state index contributed by atoms with van der Waals surface area (Å²) in [7, 11) is 0. The predicted octanol–water partition coefficient (Wildman–Crippen LogP) is 3.51. The molecule has 4 rings (SSSR count). The van der Waals surface area contributed by atoms with E-state index in [1.54, 1.807) is 0 Å². The van der Waals surface area contributed by atoms with Crippen LogP contribution in [0.5, 0.6) is 0 Å². The molecule has 8 atom stereocenters. The van der Waals surface area contributed by atoms with Crippen LogP contribution in [0.25, 0.3) is 0 Å². The van der Waals surface area contributed by atoms with Crippen molar-refractivity contribution in [2.45, 2.75) is 76.6 Å². The van der Waals surface area contributed by atoms with Crippen LogP contribution in [0.1, 0.15) is 58.8 Å². The molecule has 3 N–H and O–H groups in total. The minimum absolute atomic E-state index is 0.0247. The lowest BCUT2D eigenvalue weighted by Crippen LogP contribution is -2.58. The van der Waals surface area contributed by atoms with Gasteiger partial charge in [-0.25, -0.2) is 4.39 Å². The van der Waals surface area contributed by atoms with Crippen LogP contribution in [0, 0.1) is 39.9 Å². The molecule has 0 aromatic rings. The van der Waals surface area contributed by atoms with E-state index in [9.17, 15) is 19.7 Å². The Kier molecular flexibility index (Phi) is 4.29. The van der Waals surface area contributed by atoms with Crippen LogP contribution in [-0.4, -0.2) is 33.1 Å². The molecule has 0 heterocycles. The molecule has 0 aliphatic heterocycles. The molecule has 3 nitrogen and oxygen atoms in total. The Bertz CT molecular complexity index is 712. The van der Waals surface area contributed by atoms with Gasteiger partial charge in [-0.1, -0.05) is 19.8 Å². The van der Waals surface area contributed by atoms with Gasteiger partial charge in [-0.05, 0) is 85.3 Å². The Hall–Kier alpha value is -0.600. The molecule has 26 heavy (non-hydrogen) atoms. The largest absolute Gasteiger partial charge is 0.392 e. The molecule has 144 valence electrons. The van der Waals surface area contributed by atoms with Gasteiger partial charge in [0.05, 0.1) is 6.10 Å². The molecular weight excluding hydrogens is 355 g/mol. The van der Waals surface area contributed by atoms with E-state index in [0.29, 0.717) is 18.4 Å². The first kappa shape index (κ1) is 18.7. The average molecular weight is 383 g/mol. The van der Waals surface area contributed by atoms with Gasteiger partial charge in [0.1, 0.15) is 17.5 Å². The zero-order valence-electron chi connectivity index (χ0n) is 15.4. The predicted molar refractivity (Wildman–Crippen MR) is 97.7 cm³/mol. The smallest absolute Gasteiger partial charge is 0.132 e. The van der Waals surface area contributed by atoms with Gasteiger partial charge in [-0.2, -0.15) is 0 Å². The van der Waals surface area contributed by atoms with Crippen molar-refractivity contribution >= 4 is 11.6 Å². The lowest BCUT2D eigenvalue weighted by atomic mass is 9.45. The summed E-state index contributed by atoms with van der Waals surface area (Å²) in [6.45, 7) is 4.19. The van der Waals surface area contributed by atoms with Crippen LogP contribution in [-0.2, 0) is 0 Å². The molecule has 3 saturated carbocycles. The molecule has 0 bridgehead atoms. The molecule has 3 fully saturated rings. The average Bonchev–Trinajstić information content (AvgIpc) is 2.85. The van der Waals surface area contributed by atoms with Crippen LogP contribution in [0.3, 0.4) is 0 Å². The second-order valence-corrected chi connectivity index (χ2v) is 9.62. The van der Waals surface area contributed by atoms with Gasteiger partial charge in [-0.3, -0.25) is 0 Å². The highest BCUT2D eigenvalue weighted by molar-refractivity contribution is 6.30. The van der Waals surface area contributed by atoms with Gasteiger partial charge in [0, 0.05) is 10.8 Å². The first-order valence-corrected chi connectivity index (χ1v) is 10.2. The van der Waals surface area contributed by atoms with Crippen molar-refractivity contribution in [2.24, 2.45) is 28.6 Å². The maximum Gasteiger partial charge on any atom is 0.132 e. The van der Waals surface area contributed by atoms with Crippen molar-refractivity contribution in [2.75, 3.05) is 0 Å². The normalized spacial score (nSPS) is 53.3. The van der Waals surface area contributed by atoms with Crippen molar-refractivity contribution in [3.63, 3.8) is 0 Å². The molecule has 0 aromatic heterocycles. The van der Waals surface area contributed by atoms with Gasteiger partial charge < -0.3 is 15.3 Å². The number of halogens is 2. The molecule has 5 heteroatoms. The summed E-state index contributed by atoms with van der Waals surface area (Å²) in [4.78, 5) is 0. The van der Waals surface area contributed by atoms with E-state index in [0.717, 1.165) is 25.7 Å². The summed E-state index contributed by atoms with van der Waals surface area (Å²) in [5.41, 5.74) is -1.20. The zero-order valence-corrected chi connectivity index (χ0v) is 16.2. The Balaban J connectivity index is 1.75. The van der Waals surface area contributed by atoms with E-state index in [2.05, 4.69) is 25.1 Å². The van der Waals surface area contributed by atoms with Crippen molar-refractivity contribution in [1.82, 2.24) is 0 Å². The van der Waals surface area contributed by atoms with Crippen LogP contribution in [0.2, 0.25) is 0 Å². The van der Waals surface area contributed by atoms with Crippen molar-refractivity contribution in [1.29, 1.82) is 0 Å². The van der Waals surface area contributed by atoms with E-state index in [-0.39, 0.29) is 29.6 Å². The lowest BCUT2D eigenvalue weighted by Gasteiger charge is -2.60. The Morgan fingerprint density at radius 3 is 2.46 bits per heavy atom. The summed E-state index contributed by atoms with van der Waals surface area (Å²) in [5.74, 6) is 2.76. The summed E-state index contributed by atoms with van der Waals surface area (Å²) < 4.78 is 14.7. The van der Waals surface area contributed by atoms with Crippen LogP contribution in [0.15, 0.2) is 11.4 Å². The Morgan fingerprint density at radius 2 is 1.77 bits per heavy atom. The lowest BCUT2D eigenvalue weighted by molar-refractivity contribution is -0.138. The third-order valence-corrected chi connectivity index (χ3v) is 8.72. The van der Waals surface area contributed by atoms with E-state index in [1.165, 1.54) is 0 Å². The van der Waals surface area contributed by atoms with Crippen molar-refractivity contribution in [3.8, 4) is 11.3 Å². The number of fused-ring (bicyclic) bond motifs is 5. The zero-order chi connectivity index (χ0) is 18.9. The molecule has 0 amide bonds. The molecule has 4 aliphatic carbocycles. The van der Waals surface area contributed by atoms with E-state index in [1.807, 2.05) is 0 Å². The van der Waals surface area contributed by atoms with Gasteiger partial charge in [0.15, 0.2) is 0 Å².